The highest BCUT2D eigenvalue weighted by Gasteiger charge is 2.17. The fourth-order valence-corrected chi connectivity index (χ4v) is 3.46. The van der Waals surface area contributed by atoms with Crippen molar-refractivity contribution in [3.63, 3.8) is 0 Å². The first kappa shape index (κ1) is 18.3. The van der Waals surface area contributed by atoms with Gasteiger partial charge in [-0.25, -0.2) is 4.98 Å². The van der Waals surface area contributed by atoms with Crippen molar-refractivity contribution < 1.29 is 9.59 Å². The number of rotatable bonds is 5. The average Bonchev–Trinajstić information content (AvgIpc) is 2.98. The van der Waals surface area contributed by atoms with Crippen LogP contribution in [0.25, 0.3) is 0 Å². The zero-order chi connectivity index (χ0) is 18.5. The van der Waals surface area contributed by atoms with E-state index in [1.54, 1.807) is 6.92 Å². The number of hydrogen-bond donors (Lipinski definition) is 2. The number of hydrogen-bond acceptors (Lipinski definition) is 4. The van der Waals surface area contributed by atoms with Crippen molar-refractivity contribution in [1.82, 2.24) is 4.98 Å². The summed E-state index contributed by atoms with van der Waals surface area (Å²) in [7, 11) is 0. The van der Waals surface area contributed by atoms with E-state index in [1.165, 1.54) is 11.3 Å². The molecule has 0 saturated heterocycles. The Morgan fingerprint density at radius 2 is 1.73 bits per heavy atom. The van der Waals surface area contributed by atoms with Gasteiger partial charge in [0.15, 0.2) is 5.13 Å². The molecule has 0 spiro atoms. The van der Waals surface area contributed by atoms with E-state index in [0.717, 1.165) is 10.0 Å². The second kappa shape index (κ2) is 8.25. The van der Waals surface area contributed by atoms with Gasteiger partial charge >= 0.3 is 0 Å². The normalized spacial score (nSPS) is 10.4. The molecule has 0 unspecified atom stereocenters. The average molecular weight is 430 g/mol. The Balaban J connectivity index is 1.64. The Hall–Kier alpha value is -2.51. The molecule has 2 amide bonds. The van der Waals surface area contributed by atoms with Crippen LogP contribution in [0.4, 0.5) is 10.8 Å². The highest BCUT2D eigenvalue weighted by atomic mass is 79.9. The quantitative estimate of drug-likeness (QED) is 0.619. The minimum absolute atomic E-state index is 0.170. The Kier molecular flexibility index (Phi) is 5.80. The van der Waals surface area contributed by atoms with Gasteiger partial charge in [-0.1, -0.05) is 57.6 Å². The van der Waals surface area contributed by atoms with Crippen LogP contribution < -0.4 is 10.6 Å². The second-order valence-electron chi connectivity index (χ2n) is 5.61. The first-order chi connectivity index (χ1) is 12.5. The number of nitrogens with zero attached hydrogens (tertiary/aromatic N) is 1. The molecule has 26 heavy (non-hydrogen) atoms. The number of thiazole rings is 1. The first-order valence-electron chi connectivity index (χ1n) is 7.89. The fourth-order valence-electron chi connectivity index (χ4n) is 2.32. The zero-order valence-electron chi connectivity index (χ0n) is 14.0. The number of halogens is 1. The number of amides is 2. The third-order valence-electron chi connectivity index (χ3n) is 3.56. The number of aryl methyl sites for hydroxylation is 1. The largest absolute Gasteiger partial charge is 0.321 e. The van der Waals surface area contributed by atoms with Gasteiger partial charge in [0.1, 0.15) is 4.88 Å². The highest BCUT2D eigenvalue weighted by molar-refractivity contribution is 9.10. The van der Waals surface area contributed by atoms with E-state index in [1.807, 2.05) is 54.6 Å². The molecule has 0 atom stereocenters. The molecule has 0 bridgehead atoms. The van der Waals surface area contributed by atoms with Crippen molar-refractivity contribution in [3.05, 3.63) is 75.2 Å². The van der Waals surface area contributed by atoms with Crippen LogP contribution in [0.5, 0.6) is 0 Å². The van der Waals surface area contributed by atoms with E-state index in [0.29, 0.717) is 21.4 Å². The number of aromatic nitrogens is 1. The maximum Gasteiger partial charge on any atom is 0.267 e. The van der Waals surface area contributed by atoms with Crippen molar-refractivity contribution >= 4 is 49.9 Å². The summed E-state index contributed by atoms with van der Waals surface area (Å²) in [6.07, 6.45) is 0.247. The Morgan fingerprint density at radius 3 is 2.42 bits per heavy atom. The van der Waals surface area contributed by atoms with Crippen molar-refractivity contribution in [2.75, 3.05) is 10.6 Å². The van der Waals surface area contributed by atoms with Crippen LogP contribution in [0.2, 0.25) is 0 Å². The van der Waals surface area contributed by atoms with Crippen LogP contribution in [-0.2, 0) is 11.2 Å². The van der Waals surface area contributed by atoms with Gasteiger partial charge < -0.3 is 10.6 Å². The summed E-state index contributed by atoms with van der Waals surface area (Å²) >= 11 is 4.53. The van der Waals surface area contributed by atoms with Crippen molar-refractivity contribution in [3.8, 4) is 0 Å². The predicted molar refractivity (Wildman–Crippen MR) is 108 cm³/mol. The Labute approximate surface area is 163 Å². The molecular formula is C19H16BrN3O2S. The van der Waals surface area contributed by atoms with Crippen molar-refractivity contribution in [2.24, 2.45) is 0 Å². The molecule has 0 fully saturated rings. The van der Waals surface area contributed by atoms with Crippen LogP contribution in [0.1, 0.15) is 20.9 Å². The summed E-state index contributed by atoms with van der Waals surface area (Å²) in [5.74, 6) is -0.407. The maximum atomic E-state index is 12.4. The molecule has 2 N–H and O–H groups in total. The molecule has 5 nitrogen and oxygen atoms in total. The van der Waals surface area contributed by atoms with E-state index in [9.17, 15) is 9.59 Å². The lowest BCUT2D eigenvalue weighted by Crippen LogP contribution is -2.14. The lowest BCUT2D eigenvalue weighted by molar-refractivity contribution is -0.115. The van der Waals surface area contributed by atoms with Gasteiger partial charge in [-0.2, -0.15) is 0 Å². The predicted octanol–water partition coefficient (Wildman–Crippen LogP) is 4.65. The van der Waals surface area contributed by atoms with Crippen LogP contribution in [-0.4, -0.2) is 16.8 Å². The Bertz CT molecular complexity index is 924. The first-order valence-corrected chi connectivity index (χ1v) is 9.50. The van der Waals surface area contributed by atoms with Gasteiger partial charge in [-0.05, 0) is 36.8 Å². The molecular weight excluding hydrogens is 414 g/mol. The number of carbonyl (C=O) groups excluding carboxylic acids is 2. The van der Waals surface area contributed by atoms with Gasteiger partial charge in [0.25, 0.3) is 5.91 Å². The van der Waals surface area contributed by atoms with Gasteiger partial charge in [0.05, 0.1) is 12.1 Å². The lowest BCUT2D eigenvalue weighted by Gasteiger charge is -2.03. The fraction of sp³-hybridized carbons (Fsp3) is 0.105. The second-order valence-corrected chi connectivity index (χ2v) is 7.52. The summed E-state index contributed by atoms with van der Waals surface area (Å²) in [6, 6.07) is 16.8. The van der Waals surface area contributed by atoms with Crippen molar-refractivity contribution in [2.45, 2.75) is 13.3 Å². The minimum atomic E-state index is -0.236. The van der Waals surface area contributed by atoms with Gasteiger partial charge in [0, 0.05) is 10.2 Å². The number of benzene rings is 2. The number of carbonyl (C=O) groups is 2. The summed E-state index contributed by atoms with van der Waals surface area (Å²) in [5.41, 5.74) is 2.20. The monoisotopic (exact) mass is 429 g/mol. The third-order valence-corrected chi connectivity index (χ3v) is 5.16. The smallest absolute Gasteiger partial charge is 0.267 e. The zero-order valence-corrected chi connectivity index (χ0v) is 16.4. The number of nitrogens with one attached hydrogen (secondary N) is 2. The SMILES string of the molecule is Cc1nc(NC(=O)Cc2ccc(Br)cc2)sc1C(=O)Nc1ccccc1. The summed E-state index contributed by atoms with van der Waals surface area (Å²) < 4.78 is 0.964. The number of para-hydroxylation sites is 1. The molecule has 0 aliphatic carbocycles. The van der Waals surface area contributed by atoms with E-state index in [-0.39, 0.29) is 18.2 Å². The molecule has 132 valence electrons. The van der Waals surface area contributed by atoms with Crippen molar-refractivity contribution in [1.29, 1.82) is 0 Å². The molecule has 0 saturated carbocycles. The Morgan fingerprint density at radius 1 is 1.04 bits per heavy atom. The molecule has 2 aromatic carbocycles. The van der Waals surface area contributed by atoms with Gasteiger partial charge in [0.2, 0.25) is 5.91 Å². The van der Waals surface area contributed by atoms with Crippen LogP contribution >= 0.6 is 27.3 Å². The topological polar surface area (TPSA) is 71.1 Å². The lowest BCUT2D eigenvalue weighted by atomic mass is 10.1. The summed E-state index contributed by atoms with van der Waals surface area (Å²) in [5, 5.41) is 6.01. The molecule has 0 aliphatic rings. The summed E-state index contributed by atoms with van der Waals surface area (Å²) in [4.78, 5) is 29.4. The third kappa shape index (κ3) is 4.77. The maximum absolute atomic E-state index is 12.4. The van der Waals surface area contributed by atoms with E-state index in [4.69, 9.17) is 0 Å². The van der Waals surface area contributed by atoms with E-state index < -0.39 is 0 Å². The van der Waals surface area contributed by atoms with Crippen LogP contribution in [0.3, 0.4) is 0 Å². The van der Waals surface area contributed by atoms with Gasteiger partial charge in [-0.15, -0.1) is 0 Å². The van der Waals surface area contributed by atoms with Crippen LogP contribution in [0, 0.1) is 6.92 Å². The summed E-state index contributed by atoms with van der Waals surface area (Å²) in [6.45, 7) is 1.75. The highest BCUT2D eigenvalue weighted by Crippen LogP contribution is 2.24. The molecule has 1 heterocycles. The minimum Gasteiger partial charge on any atom is -0.321 e. The standard InChI is InChI=1S/C19H16BrN3O2S/c1-12-17(18(25)22-15-5-3-2-4-6-15)26-19(21-12)23-16(24)11-13-7-9-14(20)10-8-13/h2-10H,11H2,1H3,(H,22,25)(H,21,23,24). The molecule has 3 aromatic rings. The molecule has 3 rings (SSSR count). The molecule has 7 heteroatoms. The van der Waals surface area contributed by atoms with E-state index >= 15 is 0 Å². The molecule has 0 aliphatic heterocycles. The number of anilines is 2. The van der Waals surface area contributed by atoms with Gasteiger partial charge in [-0.3, -0.25) is 9.59 Å². The van der Waals surface area contributed by atoms with Crippen LogP contribution in [0.15, 0.2) is 59.1 Å². The molecule has 0 radical (unpaired) electrons. The van der Waals surface area contributed by atoms with E-state index in [2.05, 4.69) is 31.5 Å². The molecule has 1 aromatic heterocycles.